The average molecular weight is 277 g/mol. The van der Waals surface area contributed by atoms with Gasteiger partial charge >= 0.3 is 0 Å². The fourth-order valence-electron chi connectivity index (χ4n) is 2.16. The highest BCUT2D eigenvalue weighted by atomic mass is 16.1. The number of aromatic amines is 1. The quantitative estimate of drug-likeness (QED) is 0.585. The van der Waals surface area contributed by atoms with Gasteiger partial charge in [0.15, 0.2) is 11.4 Å². The second kappa shape index (κ2) is 5.32. The van der Waals surface area contributed by atoms with Crippen molar-refractivity contribution in [3.05, 3.63) is 59.9 Å². The normalized spacial score (nSPS) is 11.8. The predicted octanol–water partition coefficient (Wildman–Crippen LogP) is 3.77. The lowest BCUT2D eigenvalue weighted by atomic mass is 10.1. The molecule has 0 fully saturated rings. The van der Waals surface area contributed by atoms with Crippen molar-refractivity contribution in [1.82, 2.24) is 15.0 Å². The summed E-state index contributed by atoms with van der Waals surface area (Å²) in [5.74, 6) is -0.0248. The van der Waals surface area contributed by atoms with Crippen LogP contribution in [0.1, 0.15) is 24.2 Å². The van der Waals surface area contributed by atoms with Crippen LogP contribution in [0.2, 0.25) is 0 Å². The Labute approximate surface area is 122 Å². The van der Waals surface area contributed by atoms with Gasteiger partial charge in [-0.3, -0.25) is 4.79 Å². The minimum Gasteiger partial charge on any atom is -0.344 e. The molecular weight excluding hydrogens is 262 g/mol. The van der Waals surface area contributed by atoms with Crippen LogP contribution in [0.4, 0.5) is 0 Å². The van der Waals surface area contributed by atoms with Crippen molar-refractivity contribution in [3.63, 3.8) is 0 Å². The molecule has 21 heavy (non-hydrogen) atoms. The fourth-order valence-corrected chi connectivity index (χ4v) is 2.16. The summed E-state index contributed by atoms with van der Waals surface area (Å²) in [6, 6.07) is 9.81. The number of Topliss-reactive ketones (excluding diaryl/α,β-unsaturated/α-hetero) is 1. The van der Waals surface area contributed by atoms with E-state index in [0.29, 0.717) is 22.3 Å². The highest BCUT2D eigenvalue weighted by Crippen LogP contribution is 2.22. The van der Waals surface area contributed by atoms with Gasteiger partial charge in [-0.15, -0.1) is 0 Å². The van der Waals surface area contributed by atoms with Gasteiger partial charge < -0.3 is 4.98 Å². The Kier molecular flexibility index (Phi) is 3.36. The van der Waals surface area contributed by atoms with Crippen LogP contribution < -0.4 is 0 Å². The molecule has 1 aromatic carbocycles. The van der Waals surface area contributed by atoms with Crippen molar-refractivity contribution in [2.45, 2.75) is 13.8 Å². The van der Waals surface area contributed by atoms with Gasteiger partial charge in [-0.2, -0.15) is 0 Å². The van der Waals surface area contributed by atoms with E-state index in [-0.39, 0.29) is 5.78 Å². The first-order valence-corrected chi connectivity index (χ1v) is 6.78. The number of benzene rings is 1. The fraction of sp³-hybridized carbons (Fsp3) is 0.118. The number of ketones is 1. The monoisotopic (exact) mass is 277 g/mol. The third-order valence-corrected chi connectivity index (χ3v) is 3.49. The van der Waals surface area contributed by atoms with Crippen LogP contribution in [0.5, 0.6) is 0 Å². The number of hydrogen-bond acceptors (Lipinski definition) is 3. The molecule has 3 aromatic rings. The summed E-state index contributed by atoms with van der Waals surface area (Å²) < 4.78 is 0. The summed E-state index contributed by atoms with van der Waals surface area (Å²) in [6.45, 7) is 3.65. The topological polar surface area (TPSA) is 58.6 Å². The van der Waals surface area contributed by atoms with Gasteiger partial charge in [0, 0.05) is 11.8 Å². The van der Waals surface area contributed by atoms with Gasteiger partial charge in [0.05, 0.1) is 17.5 Å². The van der Waals surface area contributed by atoms with E-state index in [1.807, 2.05) is 37.3 Å². The summed E-state index contributed by atoms with van der Waals surface area (Å²) >= 11 is 0. The zero-order valence-electron chi connectivity index (χ0n) is 11.9. The highest BCUT2D eigenvalue weighted by Gasteiger charge is 2.16. The molecule has 0 aliphatic carbocycles. The zero-order valence-corrected chi connectivity index (χ0v) is 11.9. The molecule has 0 unspecified atom stereocenters. The number of fused-ring (bicyclic) bond motifs is 1. The molecular formula is C17H15N3O. The number of aromatic nitrogens is 3. The summed E-state index contributed by atoms with van der Waals surface area (Å²) in [4.78, 5) is 24.3. The van der Waals surface area contributed by atoms with Gasteiger partial charge in [0.25, 0.3) is 0 Å². The van der Waals surface area contributed by atoms with E-state index in [1.54, 1.807) is 25.4 Å². The van der Waals surface area contributed by atoms with E-state index >= 15 is 0 Å². The third kappa shape index (κ3) is 2.36. The van der Waals surface area contributed by atoms with E-state index in [9.17, 15) is 4.79 Å². The molecule has 3 rings (SSSR count). The molecule has 0 saturated carbocycles. The number of allylic oxidation sites excluding steroid dienone is 2. The molecule has 0 spiro atoms. The van der Waals surface area contributed by atoms with Gasteiger partial charge in [-0.05, 0) is 19.4 Å². The van der Waals surface area contributed by atoms with Crippen LogP contribution in [0, 0.1) is 0 Å². The number of nitrogens with one attached hydrogen (secondary N) is 1. The molecule has 0 aliphatic rings. The van der Waals surface area contributed by atoms with Crippen molar-refractivity contribution in [1.29, 1.82) is 0 Å². The van der Waals surface area contributed by atoms with Crippen LogP contribution in [0.15, 0.2) is 54.4 Å². The van der Waals surface area contributed by atoms with Gasteiger partial charge in [0.2, 0.25) is 0 Å². The van der Waals surface area contributed by atoms with Gasteiger partial charge in [-0.1, -0.05) is 36.4 Å². The van der Waals surface area contributed by atoms with Crippen molar-refractivity contribution < 1.29 is 4.79 Å². The maximum atomic E-state index is 12.3. The Hall–Kier alpha value is -2.75. The Morgan fingerprint density at radius 3 is 2.71 bits per heavy atom. The molecule has 104 valence electrons. The van der Waals surface area contributed by atoms with Crippen molar-refractivity contribution >= 4 is 16.9 Å². The molecule has 4 heteroatoms. The van der Waals surface area contributed by atoms with E-state index < -0.39 is 0 Å². The van der Waals surface area contributed by atoms with Crippen molar-refractivity contribution in [2.24, 2.45) is 0 Å². The largest absolute Gasteiger partial charge is 0.344 e. The first-order chi connectivity index (χ1) is 10.2. The number of carbonyl (C=O) groups is 1. The number of hydrogen-bond donors (Lipinski definition) is 1. The maximum Gasteiger partial charge on any atom is 0.192 e. The second-order valence-corrected chi connectivity index (χ2v) is 4.82. The molecule has 2 aromatic heterocycles. The summed E-state index contributed by atoms with van der Waals surface area (Å²) in [5, 5.41) is 0. The zero-order chi connectivity index (χ0) is 14.8. The molecule has 0 atom stereocenters. The smallest absolute Gasteiger partial charge is 0.192 e. The Bertz CT molecular complexity index is 832. The van der Waals surface area contributed by atoms with Crippen LogP contribution in [-0.2, 0) is 0 Å². The minimum absolute atomic E-state index is 0.0248. The summed E-state index contributed by atoms with van der Waals surface area (Å²) in [6.07, 6.45) is 5.19. The first-order valence-electron chi connectivity index (χ1n) is 6.78. The molecule has 0 radical (unpaired) electrons. The van der Waals surface area contributed by atoms with Crippen LogP contribution in [0.25, 0.3) is 22.4 Å². The third-order valence-electron chi connectivity index (χ3n) is 3.49. The second-order valence-electron chi connectivity index (χ2n) is 4.82. The van der Waals surface area contributed by atoms with Crippen LogP contribution in [-0.4, -0.2) is 20.7 Å². The van der Waals surface area contributed by atoms with E-state index in [2.05, 4.69) is 15.0 Å². The molecule has 4 nitrogen and oxygen atoms in total. The number of H-pyrrole nitrogens is 1. The number of nitrogens with zero attached hydrogens (tertiary/aromatic N) is 2. The van der Waals surface area contributed by atoms with E-state index in [4.69, 9.17) is 0 Å². The van der Waals surface area contributed by atoms with Gasteiger partial charge in [-0.25, -0.2) is 9.97 Å². The average Bonchev–Trinajstić information content (AvgIpc) is 2.97. The molecule has 0 amide bonds. The maximum absolute atomic E-state index is 12.3. The standard InChI is InChI=1S/C17H15N3O/c1-3-11(2)16(21)13-9-18-17-15(13)20-14(10-19-17)12-7-5-4-6-8-12/h3-10H,1-2H3,(H,18,19)/b11-3+. The van der Waals surface area contributed by atoms with Crippen LogP contribution >= 0.6 is 0 Å². The van der Waals surface area contributed by atoms with E-state index in [0.717, 1.165) is 11.3 Å². The molecule has 0 bridgehead atoms. The SMILES string of the molecule is C/C=C(\C)C(=O)c1c[nH]c2ncc(-c3ccccc3)nc12. The molecule has 1 N–H and O–H groups in total. The summed E-state index contributed by atoms with van der Waals surface area (Å²) in [7, 11) is 0. The molecule has 0 saturated heterocycles. The lowest BCUT2D eigenvalue weighted by Crippen LogP contribution is -2.00. The lowest BCUT2D eigenvalue weighted by Gasteiger charge is -2.02. The summed E-state index contributed by atoms with van der Waals surface area (Å²) in [5.41, 5.74) is 4.24. The Balaban J connectivity index is 2.15. The highest BCUT2D eigenvalue weighted by molar-refractivity contribution is 6.14. The number of rotatable bonds is 3. The first kappa shape index (κ1) is 13.2. The van der Waals surface area contributed by atoms with E-state index in [1.165, 1.54) is 0 Å². The molecule has 2 heterocycles. The minimum atomic E-state index is -0.0248. The van der Waals surface area contributed by atoms with Crippen molar-refractivity contribution in [3.8, 4) is 11.3 Å². The lowest BCUT2D eigenvalue weighted by molar-refractivity contribution is 0.103. The number of carbonyl (C=O) groups excluding carboxylic acids is 1. The molecule has 0 aliphatic heterocycles. The van der Waals surface area contributed by atoms with Crippen molar-refractivity contribution in [2.75, 3.05) is 0 Å². The van der Waals surface area contributed by atoms with Crippen LogP contribution in [0.3, 0.4) is 0 Å². The Morgan fingerprint density at radius 2 is 2.00 bits per heavy atom. The Morgan fingerprint density at radius 1 is 1.24 bits per heavy atom. The van der Waals surface area contributed by atoms with Gasteiger partial charge in [0.1, 0.15) is 5.52 Å². The predicted molar refractivity (Wildman–Crippen MR) is 83.1 cm³/mol.